The number of piperazine rings is 1. The van der Waals surface area contributed by atoms with Crippen molar-refractivity contribution in [2.45, 2.75) is 40.5 Å². The zero-order chi connectivity index (χ0) is 18.1. The fourth-order valence-corrected chi connectivity index (χ4v) is 3.36. The smallest absolute Gasteiger partial charge is 0.291 e. The molecule has 1 fully saturated rings. The predicted molar refractivity (Wildman–Crippen MR) is 99.4 cm³/mol. The van der Waals surface area contributed by atoms with Crippen molar-refractivity contribution in [3.63, 3.8) is 0 Å². The van der Waals surface area contributed by atoms with E-state index in [0.29, 0.717) is 24.7 Å². The Morgan fingerprint density at radius 2 is 1.80 bits per heavy atom. The number of benzene rings is 1. The molecule has 2 heterocycles. The third kappa shape index (κ3) is 3.41. The minimum atomic E-state index is -0.0371. The summed E-state index contributed by atoms with van der Waals surface area (Å²) in [6.07, 6.45) is 0. The molecule has 1 aliphatic heterocycles. The highest BCUT2D eigenvalue weighted by Crippen LogP contribution is 2.25. The van der Waals surface area contributed by atoms with Gasteiger partial charge in [-0.3, -0.25) is 4.79 Å². The molecule has 1 aliphatic rings. The number of hydrogen-bond acceptors (Lipinski definition) is 4. The second-order valence-corrected chi connectivity index (χ2v) is 7.10. The van der Waals surface area contributed by atoms with Gasteiger partial charge in [0.25, 0.3) is 5.91 Å². The SMILES string of the molecule is Cc1nc(C(C)C)c(C(=O)N2CCN(c3cccc(C)c3C)CC2)o1. The van der Waals surface area contributed by atoms with Gasteiger partial charge in [-0.25, -0.2) is 4.98 Å². The minimum Gasteiger partial charge on any atom is -0.436 e. The van der Waals surface area contributed by atoms with E-state index in [1.165, 1.54) is 16.8 Å². The maximum Gasteiger partial charge on any atom is 0.291 e. The van der Waals surface area contributed by atoms with Crippen LogP contribution in [0.15, 0.2) is 22.6 Å². The van der Waals surface area contributed by atoms with E-state index in [0.717, 1.165) is 18.8 Å². The topological polar surface area (TPSA) is 49.6 Å². The normalized spacial score (nSPS) is 15.1. The lowest BCUT2D eigenvalue weighted by Crippen LogP contribution is -2.49. The molecular formula is C20H27N3O2. The first-order valence-corrected chi connectivity index (χ1v) is 8.96. The Bertz CT molecular complexity index is 771. The van der Waals surface area contributed by atoms with Gasteiger partial charge in [0.15, 0.2) is 5.89 Å². The fourth-order valence-electron chi connectivity index (χ4n) is 3.36. The van der Waals surface area contributed by atoms with E-state index in [1.54, 1.807) is 6.92 Å². The highest BCUT2D eigenvalue weighted by atomic mass is 16.4. The summed E-state index contributed by atoms with van der Waals surface area (Å²) >= 11 is 0. The summed E-state index contributed by atoms with van der Waals surface area (Å²) in [5.41, 5.74) is 4.65. The summed E-state index contributed by atoms with van der Waals surface area (Å²) in [6.45, 7) is 13.2. The van der Waals surface area contributed by atoms with E-state index in [2.05, 4.69) is 41.9 Å². The van der Waals surface area contributed by atoms with Gasteiger partial charge in [0.2, 0.25) is 5.76 Å². The number of hydrogen-bond donors (Lipinski definition) is 0. The van der Waals surface area contributed by atoms with Gasteiger partial charge in [0, 0.05) is 38.8 Å². The molecule has 0 saturated carbocycles. The molecule has 0 aliphatic carbocycles. The van der Waals surface area contributed by atoms with Gasteiger partial charge in [0.1, 0.15) is 0 Å². The van der Waals surface area contributed by atoms with Crippen LogP contribution in [-0.2, 0) is 0 Å². The number of rotatable bonds is 3. The highest BCUT2D eigenvalue weighted by molar-refractivity contribution is 5.93. The molecule has 3 rings (SSSR count). The van der Waals surface area contributed by atoms with Gasteiger partial charge in [0.05, 0.1) is 5.69 Å². The van der Waals surface area contributed by atoms with Crippen LogP contribution in [0, 0.1) is 20.8 Å². The highest BCUT2D eigenvalue weighted by Gasteiger charge is 2.28. The van der Waals surface area contributed by atoms with Crippen molar-refractivity contribution < 1.29 is 9.21 Å². The van der Waals surface area contributed by atoms with Crippen LogP contribution in [0.2, 0.25) is 0 Å². The van der Waals surface area contributed by atoms with Gasteiger partial charge >= 0.3 is 0 Å². The molecule has 134 valence electrons. The van der Waals surface area contributed by atoms with Crippen LogP contribution in [0.4, 0.5) is 5.69 Å². The molecular weight excluding hydrogens is 314 g/mol. The average Bonchev–Trinajstić information content (AvgIpc) is 2.99. The number of aryl methyl sites for hydroxylation is 2. The molecule has 2 aromatic rings. The maximum absolute atomic E-state index is 12.9. The largest absolute Gasteiger partial charge is 0.436 e. The van der Waals surface area contributed by atoms with Gasteiger partial charge in [-0.1, -0.05) is 26.0 Å². The second-order valence-electron chi connectivity index (χ2n) is 7.10. The molecule has 1 saturated heterocycles. The van der Waals surface area contributed by atoms with Crippen molar-refractivity contribution in [1.29, 1.82) is 0 Å². The fraction of sp³-hybridized carbons (Fsp3) is 0.500. The first-order valence-electron chi connectivity index (χ1n) is 8.96. The molecule has 0 radical (unpaired) electrons. The molecule has 5 nitrogen and oxygen atoms in total. The minimum absolute atomic E-state index is 0.0371. The van der Waals surface area contributed by atoms with Crippen molar-refractivity contribution in [2.24, 2.45) is 0 Å². The monoisotopic (exact) mass is 341 g/mol. The number of nitrogens with zero attached hydrogens (tertiary/aromatic N) is 3. The number of anilines is 1. The molecule has 0 N–H and O–H groups in total. The predicted octanol–water partition coefficient (Wildman–Crippen LogP) is 3.69. The van der Waals surface area contributed by atoms with Gasteiger partial charge in [-0.2, -0.15) is 0 Å². The van der Waals surface area contributed by atoms with Crippen LogP contribution in [0.5, 0.6) is 0 Å². The quantitative estimate of drug-likeness (QED) is 0.854. The summed E-state index contributed by atoms with van der Waals surface area (Å²) in [4.78, 5) is 21.5. The van der Waals surface area contributed by atoms with Crippen molar-refractivity contribution >= 4 is 11.6 Å². The molecule has 0 unspecified atom stereocenters. The van der Waals surface area contributed by atoms with E-state index in [1.807, 2.05) is 18.7 Å². The van der Waals surface area contributed by atoms with E-state index in [4.69, 9.17) is 4.42 Å². The summed E-state index contributed by atoms with van der Waals surface area (Å²) in [6, 6.07) is 6.40. The molecule has 0 bridgehead atoms. The number of amides is 1. The average molecular weight is 341 g/mol. The molecule has 1 aromatic carbocycles. The molecule has 5 heteroatoms. The Morgan fingerprint density at radius 1 is 1.12 bits per heavy atom. The van der Waals surface area contributed by atoms with Crippen molar-refractivity contribution in [2.75, 3.05) is 31.1 Å². The summed E-state index contributed by atoms with van der Waals surface area (Å²) in [7, 11) is 0. The zero-order valence-electron chi connectivity index (χ0n) is 15.8. The van der Waals surface area contributed by atoms with Crippen LogP contribution in [0.3, 0.4) is 0 Å². The van der Waals surface area contributed by atoms with Crippen molar-refractivity contribution in [1.82, 2.24) is 9.88 Å². The molecule has 0 spiro atoms. The van der Waals surface area contributed by atoms with E-state index in [9.17, 15) is 4.79 Å². The van der Waals surface area contributed by atoms with E-state index < -0.39 is 0 Å². The van der Waals surface area contributed by atoms with Crippen LogP contribution in [0.1, 0.15) is 53.0 Å². The molecule has 0 atom stereocenters. The zero-order valence-corrected chi connectivity index (χ0v) is 15.8. The summed E-state index contributed by atoms with van der Waals surface area (Å²) in [5, 5.41) is 0. The molecule has 1 aromatic heterocycles. The lowest BCUT2D eigenvalue weighted by molar-refractivity contribution is 0.0711. The number of aromatic nitrogens is 1. The van der Waals surface area contributed by atoms with Crippen LogP contribution in [-0.4, -0.2) is 42.0 Å². The molecule has 1 amide bonds. The summed E-state index contributed by atoms with van der Waals surface area (Å²) in [5.74, 6) is 1.10. The van der Waals surface area contributed by atoms with Gasteiger partial charge in [-0.05, 0) is 37.0 Å². The van der Waals surface area contributed by atoms with Gasteiger partial charge < -0.3 is 14.2 Å². The van der Waals surface area contributed by atoms with E-state index in [-0.39, 0.29) is 11.8 Å². The van der Waals surface area contributed by atoms with Crippen molar-refractivity contribution in [3.05, 3.63) is 46.7 Å². The second kappa shape index (κ2) is 6.90. The van der Waals surface area contributed by atoms with Crippen LogP contribution in [0.25, 0.3) is 0 Å². The van der Waals surface area contributed by atoms with E-state index >= 15 is 0 Å². The van der Waals surface area contributed by atoms with Crippen LogP contribution >= 0.6 is 0 Å². The Kier molecular flexibility index (Phi) is 4.84. The maximum atomic E-state index is 12.9. The Hall–Kier alpha value is -2.30. The van der Waals surface area contributed by atoms with Crippen molar-refractivity contribution in [3.8, 4) is 0 Å². The standard InChI is InChI=1S/C20H27N3O2/c1-13(2)18-19(25-16(5)21-18)20(24)23-11-9-22(10-12-23)17-8-6-7-14(3)15(17)4/h6-8,13H,9-12H2,1-5H3. The Labute approximate surface area is 149 Å². The first kappa shape index (κ1) is 17.5. The molecule has 25 heavy (non-hydrogen) atoms. The number of oxazole rings is 1. The Balaban J connectivity index is 1.72. The lowest BCUT2D eigenvalue weighted by Gasteiger charge is -2.36. The number of carbonyl (C=O) groups excluding carboxylic acids is 1. The first-order chi connectivity index (χ1) is 11.9. The summed E-state index contributed by atoms with van der Waals surface area (Å²) < 4.78 is 5.62. The lowest BCUT2D eigenvalue weighted by atomic mass is 10.1. The third-order valence-corrected chi connectivity index (χ3v) is 4.99. The Morgan fingerprint density at radius 3 is 2.44 bits per heavy atom. The van der Waals surface area contributed by atoms with Crippen LogP contribution < -0.4 is 4.90 Å². The third-order valence-electron chi connectivity index (χ3n) is 4.99. The number of carbonyl (C=O) groups is 1. The van der Waals surface area contributed by atoms with Gasteiger partial charge in [-0.15, -0.1) is 0 Å².